The molecule has 1 aromatic heterocycles. The van der Waals surface area contributed by atoms with Crippen molar-refractivity contribution in [3.05, 3.63) is 36.1 Å². The van der Waals surface area contributed by atoms with Crippen LogP contribution in [0.15, 0.2) is 34.7 Å². The van der Waals surface area contributed by atoms with Gasteiger partial charge < -0.3 is 10.2 Å². The summed E-state index contributed by atoms with van der Waals surface area (Å²) in [5.41, 5.74) is 7.32. The zero-order valence-corrected chi connectivity index (χ0v) is 11.8. The molecule has 0 bridgehead atoms. The Labute approximate surface area is 115 Å². The topological polar surface area (TPSA) is 39.2 Å². The van der Waals surface area contributed by atoms with Crippen LogP contribution in [0.4, 0.5) is 0 Å². The molecule has 102 valence electrons. The monoisotopic (exact) mass is 257 g/mol. The molecule has 2 heteroatoms. The summed E-state index contributed by atoms with van der Waals surface area (Å²) in [5.74, 6) is 2.98. The van der Waals surface area contributed by atoms with Crippen LogP contribution >= 0.6 is 0 Å². The van der Waals surface area contributed by atoms with E-state index in [4.69, 9.17) is 10.2 Å². The molecule has 2 aromatic rings. The number of benzene rings is 1. The lowest BCUT2D eigenvalue weighted by molar-refractivity contribution is 0.218. The fourth-order valence-corrected chi connectivity index (χ4v) is 3.34. The summed E-state index contributed by atoms with van der Waals surface area (Å²) in [6.07, 6.45) is 3.54. The molecule has 1 aliphatic carbocycles. The second-order valence-corrected chi connectivity index (χ2v) is 6.27. The minimum absolute atomic E-state index is 0.246. The van der Waals surface area contributed by atoms with E-state index in [1.165, 1.54) is 18.2 Å². The van der Waals surface area contributed by atoms with Crippen molar-refractivity contribution in [2.24, 2.45) is 17.6 Å². The van der Waals surface area contributed by atoms with Gasteiger partial charge in [-0.3, -0.25) is 0 Å². The first-order valence-electron chi connectivity index (χ1n) is 7.39. The summed E-state index contributed by atoms with van der Waals surface area (Å²) in [6, 6.07) is 10.6. The Morgan fingerprint density at radius 3 is 2.74 bits per heavy atom. The molecule has 0 amide bonds. The minimum atomic E-state index is 0.246. The molecular weight excluding hydrogens is 234 g/mol. The molecule has 1 fully saturated rings. The predicted octanol–water partition coefficient (Wildman–Crippen LogP) is 4.30. The van der Waals surface area contributed by atoms with Gasteiger partial charge >= 0.3 is 0 Å². The van der Waals surface area contributed by atoms with Crippen LogP contribution in [0.1, 0.15) is 44.8 Å². The van der Waals surface area contributed by atoms with Gasteiger partial charge in [-0.15, -0.1) is 0 Å². The number of para-hydroxylation sites is 1. The first kappa shape index (κ1) is 12.7. The highest BCUT2D eigenvalue weighted by Gasteiger charge is 2.32. The minimum Gasteiger partial charge on any atom is -0.461 e. The van der Waals surface area contributed by atoms with Gasteiger partial charge in [-0.05, 0) is 43.2 Å². The summed E-state index contributed by atoms with van der Waals surface area (Å²) in [5, 5.41) is 1.19. The van der Waals surface area contributed by atoms with E-state index in [0.717, 1.165) is 29.6 Å². The Hall–Kier alpha value is -1.28. The lowest BCUT2D eigenvalue weighted by Gasteiger charge is -2.35. The highest BCUT2D eigenvalue weighted by Crippen LogP contribution is 2.40. The van der Waals surface area contributed by atoms with Gasteiger partial charge in [0.15, 0.2) is 0 Å². The lowest BCUT2D eigenvalue weighted by Crippen LogP contribution is -2.35. The third-order valence-electron chi connectivity index (χ3n) is 4.70. The zero-order chi connectivity index (χ0) is 13.4. The average Bonchev–Trinajstić information content (AvgIpc) is 2.82. The zero-order valence-electron chi connectivity index (χ0n) is 11.8. The van der Waals surface area contributed by atoms with Crippen LogP contribution in [-0.4, -0.2) is 6.04 Å². The third-order valence-corrected chi connectivity index (χ3v) is 4.70. The molecule has 3 rings (SSSR count). The normalized spacial score (nSPS) is 28.1. The molecule has 0 spiro atoms. The van der Waals surface area contributed by atoms with Gasteiger partial charge in [0.25, 0.3) is 0 Å². The fraction of sp³-hybridized carbons (Fsp3) is 0.529. The van der Waals surface area contributed by atoms with Crippen molar-refractivity contribution in [2.75, 3.05) is 0 Å². The van der Waals surface area contributed by atoms with Crippen LogP contribution < -0.4 is 5.73 Å². The second kappa shape index (κ2) is 5.01. The SMILES string of the molecule is CC(C)C1CCC(N)C(c2cc3ccccc3o2)C1. The predicted molar refractivity (Wildman–Crippen MR) is 79.1 cm³/mol. The molecule has 2 nitrogen and oxygen atoms in total. The van der Waals surface area contributed by atoms with Crippen LogP contribution in [0.25, 0.3) is 11.0 Å². The summed E-state index contributed by atoms with van der Waals surface area (Å²) < 4.78 is 6.03. The van der Waals surface area contributed by atoms with Crippen LogP contribution in [0.2, 0.25) is 0 Å². The second-order valence-electron chi connectivity index (χ2n) is 6.27. The Morgan fingerprint density at radius 1 is 1.21 bits per heavy atom. The van der Waals surface area contributed by atoms with Crippen LogP contribution in [0.5, 0.6) is 0 Å². The van der Waals surface area contributed by atoms with E-state index in [9.17, 15) is 0 Å². The maximum Gasteiger partial charge on any atom is 0.134 e. The summed E-state index contributed by atoms with van der Waals surface area (Å²) in [7, 11) is 0. The van der Waals surface area contributed by atoms with Gasteiger partial charge in [-0.25, -0.2) is 0 Å². The number of nitrogens with two attached hydrogens (primary N) is 1. The standard InChI is InChI=1S/C17H23NO/c1-11(2)12-7-8-15(18)14(9-12)17-10-13-5-3-4-6-16(13)19-17/h3-6,10-12,14-15H,7-9,18H2,1-2H3. The van der Waals surface area contributed by atoms with Gasteiger partial charge in [0.05, 0.1) is 0 Å². The van der Waals surface area contributed by atoms with Gasteiger partial charge in [0, 0.05) is 17.3 Å². The summed E-state index contributed by atoms with van der Waals surface area (Å²) in [4.78, 5) is 0. The summed E-state index contributed by atoms with van der Waals surface area (Å²) in [6.45, 7) is 4.63. The van der Waals surface area contributed by atoms with Crippen LogP contribution in [0, 0.1) is 11.8 Å². The first-order valence-corrected chi connectivity index (χ1v) is 7.39. The van der Waals surface area contributed by atoms with Crippen molar-refractivity contribution >= 4 is 11.0 Å². The third kappa shape index (κ3) is 2.42. The molecule has 2 N–H and O–H groups in total. The largest absolute Gasteiger partial charge is 0.461 e. The quantitative estimate of drug-likeness (QED) is 0.871. The molecule has 3 atom stereocenters. The smallest absolute Gasteiger partial charge is 0.134 e. The Bertz CT molecular complexity index is 524. The highest BCUT2D eigenvalue weighted by molar-refractivity contribution is 5.77. The molecule has 0 saturated heterocycles. The van der Waals surface area contributed by atoms with E-state index < -0.39 is 0 Å². The van der Waals surface area contributed by atoms with Crippen molar-refractivity contribution < 1.29 is 4.42 Å². The van der Waals surface area contributed by atoms with Crippen LogP contribution in [-0.2, 0) is 0 Å². The number of furan rings is 1. The Balaban J connectivity index is 1.90. The number of fused-ring (bicyclic) bond motifs is 1. The first-order chi connectivity index (χ1) is 9.15. The molecule has 3 unspecified atom stereocenters. The van der Waals surface area contributed by atoms with E-state index in [1.807, 2.05) is 12.1 Å². The van der Waals surface area contributed by atoms with E-state index >= 15 is 0 Å². The van der Waals surface area contributed by atoms with Gasteiger partial charge in [-0.1, -0.05) is 32.0 Å². The average molecular weight is 257 g/mol. The molecule has 1 heterocycles. The van der Waals surface area contributed by atoms with E-state index in [2.05, 4.69) is 32.0 Å². The van der Waals surface area contributed by atoms with Crippen molar-refractivity contribution in [1.82, 2.24) is 0 Å². The molecule has 19 heavy (non-hydrogen) atoms. The van der Waals surface area contributed by atoms with Crippen molar-refractivity contribution in [3.63, 3.8) is 0 Å². The maximum absolute atomic E-state index is 6.34. The summed E-state index contributed by atoms with van der Waals surface area (Å²) >= 11 is 0. The van der Waals surface area contributed by atoms with Gasteiger partial charge in [0.1, 0.15) is 11.3 Å². The molecule has 1 aromatic carbocycles. The van der Waals surface area contributed by atoms with Crippen LogP contribution in [0.3, 0.4) is 0 Å². The Kier molecular flexibility index (Phi) is 3.36. The molecule has 1 aliphatic rings. The van der Waals surface area contributed by atoms with Crippen molar-refractivity contribution in [1.29, 1.82) is 0 Å². The van der Waals surface area contributed by atoms with E-state index in [-0.39, 0.29) is 6.04 Å². The van der Waals surface area contributed by atoms with Crippen molar-refractivity contribution in [2.45, 2.75) is 45.1 Å². The number of hydrogen-bond acceptors (Lipinski definition) is 2. The van der Waals surface area contributed by atoms with Gasteiger partial charge in [-0.2, -0.15) is 0 Å². The molecule has 0 aliphatic heterocycles. The van der Waals surface area contributed by atoms with E-state index in [0.29, 0.717) is 5.92 Å². The fourth-order valence-electron chi connectivity index (χ4n) is 3.34. The molecule has 0 radical (unpaired) electrons. The lowest BCUT2D eigenvalue weighted by atomic mass is 9.73. The van der Waals surface area contributed by atoms with Crippen molar-refractivity contribution in [3.8, 4) is 0 Å². The molecular formula is C17H23NO. The maximum atomic E-state index is 6.34. The number of hydrogen-bond donors (Lipinski definition) is 1. The molecule has 1 saturated carbocycles. The number of rotatable bonds is 2. The van der Waals surface area contributed by atoms with E-state index in [1.54, 1.807) is 0 Å². The highest BCUT2D eigenvalue weighted by atomic mass is 16.3. The Morgan fingerprint density at radius 2 is 2.00 bits per heavy atom. The van der Waals surface area contributed by atoms with Gasteiger partial charge in [0.2, 0.25) is 0 Å².